The summed E-state index contributed by atoms with van der Waals surface area (Å²) >= 11 is 6.25. The third-order valence-corrected chi connectivity index (χ3v) is 6.59. The maximum atomic E-state index is 13.5. The lowest BCUT2D eigenvalue weighted by Gasteiger charge is -2.26. The number of benzene rings is 3. The van der Waals surface area contributed by atoms with Gasteiger partial charge in [-0.2, -0.15) is 0 Å². The van der Waals surface area contributed by atoms with Gasteiger partial charge < -0.3 is 14.8 Å². The fourth-order valence-electron chi connectivity index (χ4n) is 4.80. The summed E-state index contributed by atoms with van der Waals surface area (Å²) < 4.78 is 5.46. The van der Waals surface area contributed by atoms with Gasteiger partial charge in [0.15, 0.2) is 0 Å². The highest BCUT2D eigenvalue weighted by atomic mass is 35.5. The van der Waals surface area contributed by atoms with Crippen LogP contribution in [0.2, 0.25) is 5.02 Å². The lowest BCUT2D eigenvalue weighted by molar-refractivity contribution is -0.132. The predicted molar refractivity (Wildman–Crippen MR) is 137 cm³/mol. The van der Waals surface area contributed by atoms with E-state index < -0.39 is 17.7 Å². The van der Waals surface area contributed by atoms with Crippen molar-refractivity contribution in [1.82, 2.24) is 4.98 Å². The van der Waals surface area contributed by atoms with Crippen LogP contribution in [0.1, 0.15) is 28.4 Å². The van der Waals surface area contributed by atoms with Gasteiger partial charge in [-0.05, 0) is 50.2 Å². The van der Waals surface area contributed by atoms with Crippen molar-refractivity contribution in [2.24, 2.45) is 0 Å². The number of para-hydroxylation sites is 1. The average molecular weight is 487 g/mol. The summed E-state index contributed by atoms with van der Waals surface area (Å²) in [6, 6.07) is 18.9. The second-order valence-electron chi connectivity index (χ2n) is 8.56. The number of nitrogens with zero attached hydrogens (tertiary/aromatic N) is 1. The Kier molecular flexibility index (Phi) is 5.61. The number of aliphatic hydroxyl groups excluding tert-OH is 1. The van der Waals surface area contributed by atoms with Gasteiger partial charge in [-0.3, -0.25) is 14.5 Å². The fourth-order valence-corrected chi connectivity index (χ4v) is 4.99. The Labute approximate surface area is 207 Å². The van der Waals surface area contributed by atoms with E-state index in [1.807, 2.05) is 44.2 Å². The van der Waals surface area contributed by atoms with Crippen molar-refractivity contribution < 1.29 is 19.4 Å². The number of hydrogen-bond donors (Lipinski definition) is 2. The summed E-state index contributed by atoms with van der Waals surface area (Å²) in [6.07, 6.45) is 0. The lowest BCUT2D eigenvalue weighted by atomic mass is 9.92. The summed E-state index contributed by atoms with van der Waals surface area (Å²) in [6.45, 7) is 3.77. The molecule has 35 heavy (non-hydrogen) atoms. The number of fused-ring (bicyclic) bond motifs is 1. The zero-order chi connectivity index (χ0) is 24.9. The molecule has 1 atom stereocenters. The number of ketones is 1. The van der Waals surface area contributed by atoms with E-state index in [0.29, 0.717) is 22.0 Å². The number of nitrogens with one attached hydrogen (secondary N) is 1. The molecule has 2 N–H and O–H groups in total. The Morgan fingerprint density at radius 2 is 1.80 bits per heavy atom. The number of carbonyl (C=O) groups excluding carboxylic acids is 2. The standard InChI is InChI=1S/C28H23ClN2O4/c1-15-11-12-22(35-3)20(13-15)26(32)24-25(23-16(2)30-21-10-5-4-9-19(21)23)31(28(34)27(24)33)18-8-6-7-17(29)14-18/h4-14,25,30,32H,1-3H3/b26-24+. The normalized spacial score (nSPS) is 17.4. The summed E-state index contributed by atoms with van der Waals surface area (Å²) in [4.78, 5) is 31.8. The topological polar surface area (TPSA) is 82.6 Å². The number of hydrogen-bond acceptors (Lipinski definition) is 4. The molecule has 1 aliphatic rings. The first kappa shape index (κ1) is 22.7. The number of ether oxygens (including phenoxy) is 1. The minimum Gasteiger partial charge on any atom is -0.507 e. The first-order valence-corrected chi connectivity index (χ1v) is 11.5. The smallest absolute Gasteiger partial charge is 0.300 e. The Hall–Kier alpha value is -4.03. The number of halogens is 1. The summed E-state index contributed by atoms with van der Waals surface area (Å²) in [5, 5.41) is 12.8. The monoisotopic (exact) mass is 486 g/mol. The number of aromatic amines is 1. The quantitative estimate of drug-likeness (QED) is 0.208. The van der Waals surface area contributed by atoms with Gasteiger partial charge in [-0.15, -0.1) is 0 Å². The SMILES string of the molecule is COc1ccc(C)cc1/C(O)=C1\C(=O)C(=O)N(c2cccc(Cl)c2)C1c1c(C)[nH]c2ccccc12. The van der Waals surface area contributed by atoms with E-state index in [0.717, 1.165) is 27.7 Å². The first-order chi connectivity index (χ1) is 16.8. The fraction of sp³-hybridized carbons (Fsp3) is 0.143. The summed E-state index contributed by atoms with van der Waals surface area (Å²) in [5.74, 6) is -1.41. The van der Waals surface area contributed by atoms with E-state index >= 15 is 0 Å². The minimum atomic E-state index is -0.880. The van der Waals surface area contributed by atoms with Crippen LogP contribution in [-0.2, 0) is 9.59 Å². The van der Waals surface area contributed by atoms with Gasteiger partial charge in [0, 0.05) is 32.9 Å². The van der Waals surface area contributed by atoms with Gasteiger partial charge >= 0.3 is 0 Å². The lowest BCUT2D eigenvalue weighted by Crippen LogP contribution is -2.29. The molecule has 176 valence electrons. The molecule has 1 saturated heterocycles. The summed E-state index contributed by atoms with van der Waals surface area (Å²) in [5.41, 5.74) is 4.05. The van der Waals surface area contributed by atoms with Crippen LogP contribution < -0.4 is 9.64 Å². The summed E-state index contributed by atoms with van der Waals surface area (Å²) in [7, 11) is 1.49. The van der Waals surface area contributed by atoms with Gasteiger partial charge in [0.1, 0.15) is 11.5 Å². The van der Waals surface area contributed by atoms with Crippen molar-refractivity contribution in [3.05, 3.63) is 99.7 Å². The van der Waals surface area contributed by atoms with Crippen molar-refractivity contribution >= 4 is 45.6 Å². The van der Waals surface area contributed by atoms with Gasteiger partial charge in [0.05, 0.1) is 24.3 Å². The van der Waals surface area contributed by atoms with Gasteiger partial charge in [-0.25, -0.2) is 0 Å². The molecule has 0 spiro atoms. The van der Waals surface area contributed by atoms with Crippen molar-refractivity contribution in [3.8, 4) is 5.75 Å². The number of H-pyrrole nitrogens is 1. The highest BCUT2D eigenvalue weighted by Gasteiger charge is 2.48. The molecular weight excluding hydrogens is 464 g/mol. The van der Waals surface area contributed by atoms with Crippen molar-refractivity contribution in [1.29, 1.82) is 0 Å². The van der Waals surface area contributed by atoms with E-state index in [1.54, 1.807) is 36.4 Å². The molecule has 2 heterocycles. The zero-order valence-corrected chi connectivity index (χ0v) is 20.2. The molecule has 0 radical (unpaired) electrons. The van der Waals surface area contributed by atoms with Crippen molar-refractivity contribution in [2.45, 2.75) is 19.9 Å². The number of carbonyl (C=O) groups is 2. The van der Waals surface area contributed by atoms with Gasteiger partial charge in [0.2, 0.25) is 0 Å². The van der Waals surface area contributed by atoms with Crippen LogP contribution in [0, 0.1) is 13.8 Å². The second kappa shape index (κ2) is 8.64. The maximum absolute atomic E-state index is 13.5. The molecule has 0 aliphatic carbocycles. The molecule has 1 unspecified atom stereocenters. The average Bonchev–Trinajstić information content (AvgIpc) is 3.30. The maximum Gasteiger partial charge on any atom is 0.300 e. The van der Waals surface area contributed by atoms with E-state index in [1.165, 1.54) is 12.0 Å². The number of aryl methyl sites for hydroxylation is 2. The molecule has 7 heteroatoms. The van der Waals surface area contributed by atoms with Crippen LogP contribution in [0.4, 0.5) is 5.69 Å². The molecule has 1 fully saturated rings. The molecular formula is C28H23ClN2O4. The first-order valence-electron chi connectivity index (χ1n) is 11.1. The van der Waals surface area contributed by atoms with Crippen molar-refractivity contribution in [3.63, 3.8) is 0 Å². The molecule has 0 saturated carbocycles. The Bertz CT molecular complexity index is 1540. The predicted octanol–water partition coefficient (Wildman–Crippen LogP) is 6.07. The Balaban J connectivity index is 1.85. The number of Topliss-reactive ketones (excluding diaryl/α,β-unsaturated/α-hetero) is 1. The van der Waals surface area contributed by atoms with E-state index in [2.05, 4.69) is 4.98 Å². The van der Waals surface area contributed by atoms with Crippen LogP contribution in [0.5, 0.6) is 5.75 Å². The van der Waals surface area contributed by atoms with Gasteiger partial charge in [0.25, 0.3) is 11.7 Å². The van der Waals surface area contributed by atoms with Gasteiger partial charge in [-0.1, -0.05) is 47.5 Å². The largest absolute Gasteiger partial charge is 0.507 e. The zero-order valence-electron chi connectivity index (χ0n) is 19.4. The van der Waals surface area contributed by atoms with Crippen LogP contribution in [0.15, 0.2) is 72.3 Å². The van der Waals surface area contributed by atoms with E-state index in [9.17, 15) is 14.7 Å². The minimum absolute atomic E-state index is 0.00766. The molecule has 0 bridgehead atoms. The highest BCUT2D eigenvalue weighted by Crippen LogP contribution is 2.46. The molecule has 3 aromatic carbocycles. The number of aromatic nitrogens is 1. The third kappa shape index (κ3) is 3.67. The van der Waals surface area contributed by atoms with Crippen LogP contribution in [0.25, 0.3) is 16.7 Å². The van der Waals surface area contributed by atoms with Crippen LogP contribution in [-0.4, -0.2) is 28.9 Å². The number of aliphatic hydroxyl groups is 1. The van der Waals surface area contributed by atoms with Crippen LogP contribution in [0.3, 0.4) is 0 Å². The number of anilines is 1. The molecule has 5 rings (SSSR count). The molecule has 6 nitrogen and oxygen atoms in total. The number of amides is 1. The van der Waals surface area contributed by atoms with E-state index in [4.69, 9.17) is 16.3 Å². The molecule has 1 amide bonds. The highest BCUT2D eigenvalue weighted by molar-refractivity contribution is 6.52. The molecule has 1 aromatic heterocycles. The van der Waals surface area contributed by atoms with E-state index in [-0.39, 0.29) is 11.3 Å². The number of rotatable bonds is 4. The Morgan fingerprint density at radius 1 is 1.03 bits per heavy atom. The van der Waals surface area contributed by atoms with Crippen molar-refractivity contribution in [2.75, 3.05) is 12.0 Å². The second-order valence-corrected chi connectivity index (χ2v) is 9.00. The molecule has 4 aromatic rings. The molecule has 1 aliphatic heterocycles. The third-order valence-electron chi connectivity index (χ3n) is 6.36. The number of methoxy groups -OCH3 is 1. The van der Waals surface area contributed by atoms with Crippen LogP contribution >= 0.6 is 11.6 Å². The Morgan fingerprint density at radius 3 is 2.54 bits per heavy atom.